The Morgan fingerprint density at radius 3 is 0.807 bits per heavy atom. The van der Waals surface area contributed by atoms with Crippen LogP contribution in [0.1, 0.15) is 179 Å². The minimum absolute atomic E-state index is 0.182. The van der Waals surface area contributed by atoms with Crippen molar-refractivity contribution in [1.82, 2.24) is 0 Å². The zero-order chi connectivity index (χ0) is 98.7. The summed E-state index contributed by atoms with van der Waals surface area (Å²) < 4.78 is 47.4. The average Bonchev–Trinajstić information content (AvgIpc) is 0.890. The molecule has 0 heterocycles. The van der Waals surface area contributed by atoms with Crippen LogP contribution >= 0.6 is 0 Å². The van der Waals surface area contributed by atoms with Gasteiger partial charge in [0.05, 0.1) is 64.3 Å². The van der Waals surface area contributed by atoms with Crippen molar-refractivity contribution in [1.29, 1.82) is 0 Å². The van der Waals surface area contributed by atoms with E-state index in [0.717, 1.165) is 72.9 Å². The van der Waals surface area contributed by atoms with Crippen LogP contribution in [-0.4, -0.2) is 80.8 Å². The molecule has 0 spiro atoms. The lowest BCUT2D eigenvalue weighted by Crippen LogP contribution is -2.12. The van der Waals surface area contributed by atoms with Crippen molar-refractivity contribution >= 4 is 47.8 Å². The molecule has 2 unspecified atom stereocenters. The lowest BCUT2D eigenvalue weighted by atomic mass is 10.1. The normalized spacial score (nSPS) is 10.4. The number of esters is 8. The molecule has 712 valence electrons. The summed E-state index contributed by atoms with van der Waals surface area (Å²) in [6.45, 7) is 8.49. The molecule has 2 atom stereocenters. The van der Waals surface area contributed by atoms with Crippen LogP contribution < -0.4 is 4.74 Å². The molecule has 16 rings (SSSR count). The zero-order valence-electron chi connectivity index (χ0n) is 79.1. The Hall–Kier alpha value is -16.9. The van der Waals surface area contributed by atoms with Crippen molar-refractivity contribution in [2.75, 3.05) is 33.0 Å². The number of carbonyl (C=O) groups is 8. The predicted molar refractivity (Wildman–Crippen MR) is 550 cm³/mol. The zero-order valence-corrected chi connectivity index (χ0v) is 79.1. The smallest absolute Gasteiger partial charge is 0.338 e. The van der Waals surface area contributed by atoms with Gasteiger partial charge in [-0.2, -0.15) is 0 Å². The molecule has 0 amide bonds. The maximum atomic E-state index is 12.0. The topological polar surface area (TPSA) is 220 Å². The maximum Gasteiger partial charge on any atom is 0.338 e. The fraction of sp³-hybridized carbons (Fsp3) is 0.154. The number of benzene rings is 16. The summed E-state index contributed by atoms with van der Waals surface area (Å²) in [5, 5.41) is 0. The van der Waals surface area contributed by atoms with Gasteiger partial charge in [0, 0.05) is 6.42 Å². The molecule has 0 saturated heterocycles. The maximum absolute atomic E-state index is 12.0. The molecule has 0 aliphatic rings. The number of rotatable bonds is 33. The van der Waals surface area contributed by atoms with Gasteiger partial charge in [-0.05, 0) is 201 Å². The summed E-state index contributed by atoms with van der Waals surface area (Å²) in [5.41, 5.74) is 13.7. The number of hydrogen-bond acceptors (Lipinski definition) is 17. The van der Waals surface area contributed by atoms with Crippen LogP contribution in [-0.2, 0) is 70.4 Å². The van der Waals surface area contributed by atoms with Crippen LogP contribution in [0, 0.1) is 6.92 Å². The summed E-state index contributed by atoms with van der Waals surface area (Å²) in [6.07, 6.45) is 5.85. The molecule has 0 fully saturated rings. The fourth-order valence-electron chi connectivity index (χ4n) is 13.0. The van der Waals surface area contributed by atoms with E-state index in [1.807, 2.05) is 367 Å². The first kappa shape index (κ1) is 107. The van der Waals surface area contributed by atoms with E-state index < -0.39 is 0 Å². The van der Waals surface area contributed by atoms with Gasteiger partial charge in [0.25, 0.3) is 0 Å². The average molecular weight is 1870 g/mol. The minimum Gasteiger partial charge on any atom is -0.490 e. The Labute approximate surface area is 821 Å². The lowest BCUT2D eigenvalue weighted by molar-refractivity contribution is 0.0285. The highest BCUT2D eigenvalue weighted by atomic mass is 16.6. The van der Waals surface area contributed by atoms with Gasteiger partial charge in [0.1, 0.15) is 44.4 Å². The van der Waals surface area contributed by atoms with E-state index in [-0.39, 0.29) is 66.6 Å². The molecule has 0 aliphatic carbocycles. The minimum atomic E-state index is -0.327. The quantitative estimate of drug-likeness (QED) is 0.0212. The predicted octanol–water partition coefficient (Wildman–Crippen LogP) is 27.3. The molecule has 0 N–H and O–H groups in total. The molecule has 16 aromatic rings. The van der Waals surface area contributed by atoms with Crippen LogP contribution in [0.2, 0.25) is 0 Å². The Balaban J connectivity index is 0.000000179. The third kappa shape index (κ3) is 43.2. The van der Waals surface area contributed by atoms with Crippen LogP contribution in [0.5, 0.6) is 5.75 Å². The van der Waals surface area contributed by atoms with Gasteiger partial charge < -0.3 is 42.6 Å². The second kappa shape index (κ2) is 64.9. The number of para-hydroxylation sites is 1. The largest absolute Gasteiger partial charge is 0.490 e. The van der Waals surface area contributed by atoms with Gasteiger partial charge in [0.2, 0.25) is 0 Å². The molecule has 0 saturated carbocycles. The molecule has 16 aromatic carbocycles. The Bertz CT molecular complexity index is 6000. The van der Waals surface area contributed by atoms with E-state index in [2.05, 4.69) is 24.3 Å². The van der Waals surface area contributed by atoms with Crippen molar-refractivity contribution in [3.8, 4) is 5.75 Å². The highest BCUT2D eigenvalue weighted by molar-refractivity contribution is 5.93. The van der Waals surface area contributed by atoms with Crippen molar-refractivity contribution in [3.05, 3.63) is 568 Å². The first-order valence-electron chi connectivity index (χ1n) is 46.5. The molecular weight excluding hydrogens is 1750 g/mol. The van der Waals surface area contributed by atoms with Gasteiger partial charge in [-0.3, -0.25) is 0 Å². The molecule has 0 aliphatic heterocycles. The molecule has 0 aromatic heterocycles. The first-order valence-corrected chi connectivity index (χ1v) is 46.5. The van der Waals surface area contributed by atoms with Gasteiger partial charge in [0.15, 0.2) is 0 Å². The number of aryl methyl sites for hydroxylation is 3. The van der Waals surface area contributed by atoms with Crippen molar-refractivity contribution in [3.63, 3.8) is 0 Å². The van der Waals surface area contributed by atoms with Crippen LogP contribution in [0.15, 0.2) is 479 Å². The monoisotopic (exact) mass is 1870 g/mol. The van der Waals surface area contributed by atoms with E-state index in [9.17, 15) is 38.4 Å². The van der Waals surface area contributed by atoms with Crippen LogP contribution in [0.4, 0.5) is 0 Å². The van der Waals surface area contributed by atoms with Gasteiger partial charge >= 0.3 is 47.8 Å². The molecule has 17 nitrogen and oxygen atoms in total. The second-order valence-corrected chi connectivity index (χ2v) is 31.2. The third-order valence-corrected chi connectivity index (χ3v) is 20.5. The summed E-state index contributed by atoms with van der Waals surface area (Å²) in [5.74, 6) is -1.44. The first-order chi connectivity index (χ1) is 68.6. The van der Waals surface area contributed by atoms with E-state index in [4.69, 9.17) is 42.6 Å². The van der Waals surface area contributed by atoms with E-state index in [1.54, 1.807) is 109 Å². The van der Waals surface area contributed by atoms with Crippen molar-refractivity contribution in [2.45, 2.75) is 91.1 Å². The summed E-state index contributed by atoms with van der Waals surface area (Å²) in [4.78, 5) is 93.5. The van der Waals surface area contributed by atoms with E-state index >= 15 is 0 Å². The summed E-state index contributed by atoms with van der Waals surface area (Å²) in [6, 6.07) is 149. The molecule has 17 heteroatoms. The SMILES string of the molecule is CC(OC(=O)c1ccccc1)c1ccccc1.CCC(OC(=O)c1ccccc1)c1ccccc1.Cc1ccc(COC(=O)c2ccccc2)cc1.O=C(OCCCCc1ccccc1)c1ccccc1.O=C(OCCCc1ccccc1)c1ccccc1.O=C(OCCOc1ccccc1)c1ccccc1.O=C(OCCc1ccccc1)c1ccccc1.O=C(OCc1ccccc1)c1ccccc1. The fourth-order valence-corrected chi connectivity index (χ4v) is 13.0. The molecule has 0 radical (unpaired) electrons. The summed E-state index contributed by atoms with van der Waals surface area (Å²) >= 11 is 0. The van der Waals surface area contributed by atoms with Gasteiger partial charge in [-0.15, -0.1) is 0 Å². The number of ether oxygens (including phenoxy) is 9. The molecule has 0 bridgehead atoms. The van der Waals surface area contributed by atoms with E-state index in [0.29, 0.717) is 84.1 Å². The van der Waals surface area contributed by atoms with Crippen molar-refractivity contribution < 1.29 is 81.0 Å². The Morgan fingerprint density at radius 2 is 0.464 bits per heavy atom. The molecule has 140 heavy (non-hydrogen) atoms. The standard InChI is InChI=1S/C17H18O2.2C16H16O2.C15H14O3.3C15H14O2.C14H12O2/c18-17(16-12-5-2-6-13-16)19-14-8-7-11-15-9-3-1-4-10-15;17-16(15-11-5-2-6-12-15)18-13-7-10-14-8-3-1-4-9-14;1-2-15(13-9-5-3-6-10-13)18-16(17)14-11-7-4-8-12-14;16-15(13-7-3-1-4-8-13)18-12-11-17-14-9-5-2-6-10-14;1-12(13-8-4-2-5-9-13)17-15(16)14-10-6-3-7-11-14;1-12-7-9-13(10-8-12)11-17-15(16)14-5-3-2-4-6-14;16-15(14-9-5-2-6-10-14)17-12-11-13-7-3-1-4-8-13;15-14(13-9-5-2-6-10-13)16-11-12-7-3-1-4-8-12/h1-6,9-10,12-13H,7-8,11,14H2;1-6,8-9,11-12H,7,10,13H2;3-12,15H,2H2,1H3;1-10H,11-12H2;2-12H,1H3;2-10H,11H2,1H3;1-10H,11-12H2;1-10H,11H2. The number of carbonyl (C=O) groups excluding carboxylic acids is 8. The lowest BCUT2D eigenvalue weighted by Gasteiger charge is -2.16. The third-order valence-electron chi connectivity index (χ3n) is 20.5. The highest BCUT2D eigenvalue weighted by Gasteiger charge is 2.18. The van der Waals surface area contributed by atoms with Crippen LogP contribution in [0.3, 0.4) is 0 Å². The highest BCUT2D eigenvalue weighted by Crippen LogP contribution is 2.24. The second-order valence-electron chi connectivity index (χ2n) is 31.2. The Morgan fingerprint density at radius 1 is 0.214 bits per heavy atom. The Kier molecular flexibility index (Phi) is 49.5. The van der Waals surface area contributed by atoms with Gasteiger partial charge in [-0.1, -0.05) is 383 Å². The number of hydrogen-bond donors (Lipinski definition) is 0. The van der Waals surface area contributed by atoms with E-state index in [1.165, 1.54) is 22.3 Å². The number of unbranched alkanes of at least 4 members (excludes halogenated alkanes) is 1. The van der Waals surface area contributed by atoms with Crippen molar-refractivity contribution in [2.24, 2.45) is 0 Å². The van der Waals surface area contributed by atoms with Crippen LogP contribution in [0.25, 0.3) is 0 Å². The molecular formula is C123H118O17. The summed E-state index contributed by atoms with van der Waals surface area (Å²) in [7, 11) is 0. The van der Waals surface area contributed by atoms with Gasteiger partial charge in [-0.25, -0.2) is 38.4 Å².